The number of nitrogens with one attached hydrogen (secondary N) is 2. The molecule has 2 rings (SSSR count). The van der Waals surface area contributed by atoms with Gasteiger partial charge in [0, 0.05) is 26.4 Å². The standard InChI is InChI=1S/C10H16N4O2/c1-7-13-9(14-16-7)3-5-12-10(15)8-2-4-11-6-8/h8,11H,2-6H2,1H3,(H,12,15). The number of hydrogen-bond acceptors (Lipinski definition) is 5. The molecule has 1 unspecified atom stereocenters. The van der Waals surface area contributed by atoms with Gasteiger partial charge in [0.2, 0.25) is 11.8 Å². The Hall–Kier alpha value is -1.43. The van der Waals surface area contributed by atoms with E-state index in [1.54, 1.807) is 6.92 Å². The van der Waals surface area contributed by atoms with Crippen LogP contribution < -0.4 is 10.6 Å². The summed E-state index contributed by atoms with van der Waals surface area (Å²) in [6.07, 6.45) is 1.54. The number of rotatable bonds is 4. The van der Waals surface area contributed by atoms with E-state index in [2.05, 4.69) is 20.8 Å². The molecule has 88 valence electrons. The van der Waals surface area contributed by atoms with Crippen molar-refractivity contribution in [1.82, 2.24) is 20.8 Å². The lowest BCUT2D eigenvalue weighted by molar-refractivity contribution is -0.124. The van der Waals surface area contributed by atoms with E-state index in [-0.39, 0.29) is 11.8 Å². The summed E-state index contributed by atoms with van der Waals surface area (Å²) < 4.78 is 4.84. The molecular formula is C10H16N4O2. The Morgan fingerprint density at radius 1 is 1.69 bits per heavy atom. The molecule has 0 spiro atoms. The van der Waals surface area contributed by atoms with Gasteiger partial charge in [0.1, 0.15) is 0 Å². The highest BCUT2D eigenvalue weighted by Gasteiger charge is 2.21. The first-order valence-corrected chi connectivity index (χ1v) is 5.53. The van der Waals surface area contributed by atoms with Gasteiger partial charge in [-0.15, -0.1) is 0 Å². The minimum absolute atomic E-state index is 0.116. The lowest BCUT2D eigenvalue weighted by atomic mass is 10.1. The third-order valence-corrected chi connectivity index (χ3v) is 2.65. The molecule has 1 aromatic rings. The number of aryl methyl sites for hydroxylation is 1. The summed E-state index contributed by atoms with van der Waals surface area (Å²) in [7, 11) is 0. The molecule has 0 aliphatic carbocycles. The molecule has 1 atom stereocenters. The molecule has 2 N–H and O–H groups in total. The Balaban J connectivity index is 1.69. The van der Waals surface area contributed by atoms with Gasteiger partial charge in [-0.25, -0.2) is 0 Å². The minimum atomic E-state index is 0.116. The molecule has 1 aliphatic rings. The van der Waals surface area contributed by atoms with Crippen LogP contribution in [0, 0.1) is 12.8 Å². The maximum absolute atomic E-state index is 11.6. The molecular weight excluding hydrogens is 208 g/mol. The molecule has 16 heavy (non-hydrogen) atoms. The number of aromatic nitrogens is 2. The number of carbonyl (C=O) groups excluding carboxylic acids is 1. The van der Waals surface area contributed by atoms with Crippen molar-refractivity contribution in [3.63, 3.8) is 0 Å². The molecule has 6 nitrogen and oxygen atoms in total. The van der Waals surface area contributed by atoms with Crippen molar-refractivity contribution >= 4 is 5.91 Å². The average molecular weight is 224 g/mol. The van der Waals surface area contributed by atoms with E-state index in [0.717, 1.165) is 19.5 Å². The predicted octanol–water partition coefficient (Wildman–Crippen LogP) is -0.354. The van der Waals surface area contributed by atoms with Gasteiger partial charge in [0.05, 0.1) is 5.92 Å². The Bertz CT molecular complexity index is 357. The van der Waals surface area contributed by atoms with E-state index in [4.69, 9.17) is 4.52 Å². The number of hydrogen-bond donors (Lipinski definition) is 2. The van der Waals surface area contributed by atoms with Gasteiger partial charge in [-0.05, 0) is 13.0 Å². The first-order chi connectivity index (χ1) is 7.75. The molecule has 0 bridgehead atoms. The molecule has 0 saturated carbocycles. The van der Waals surface area contributed by atoms with Crippen LogP contribution in [0.25, 0.3) is 0 Å². The van der Waals surface area contributed by atoms with Gasteiger partial charge >= 0.3 is 0 Å². The van der Waals surface area contributed by atoms with Gasteiger partial charge in [-0.1, -0.05) is 5.16 Å². The molecule has 0 aromatic carbocycles. The molecule has 1 saturated heterocycles. The quantitative estimate of drug-likeness (QED) is 0.730. The van der Waals surface area contributed by atoms with E-state index < -0.39 is 0 Å². The highest BCUT2D eigenvalue weighted by atomic mass is 16.5. The van der Waals surface area contributed by atoms with Crippen molar-refractivity contribution in [2.24, 2.45) is 5.92 Å². The van der Waals surface area contributed by atoms with E-state index in [0.29, 0.717) is 24.7 Å². The third kappa shape index (κ3) is 2.79. The van der Waals surface area contributed by atoms with Crippen LogP contribution in [0.2, 0.25) is 0 Å². The normalized spacial score (nSPS) is 19.9. The molecule has 6 heteroatoms. The fraction of sp³-hybridized carbons (Fsp3) is 0.700. The monoisotopic (exact) mass is 224 g/mol. The molecule has 1 aliphatic heterocycles. The first-order valence-electron chi connectivity index (χ1n) is 5.53. The Labute approximate surface area is 93.8 Å². The zero-order chi connectivity index (χ0) is 11.4. The van der Waals surface area contributed by atoms with Crippen LogP contribution in [0.1, 0.15) is 18.1 Å². The third-order valence-electron chi connectivity index (χ3n) is 2.65. The Morgan fingerprint density at radius 2 is 2.56 bits per heavy atom. The van der Waals surface area contributed by atoms with Crippen molar-refractivity contribution in [2.75, 3.05) is 19.6 Å². The van der Waals surface area contributed by atoms with Gasteiger partial charge in [-0.2, -0.15) is 4.98 Å². The fourth-order valence-corrected chi connectivity index (χ4v) is 1.76. The van der Waals surface area contributed by atoms with Gasteiger partial charge in [0.25, 0.3) is 0 Å². The highest BCUT2D eigenvalue weighted by Crippen LogP contribution is 2.06. The molecule has 0 radical (unpaired) electrons. The predicted molar refractivity (Wildman–Crippen MR) is 56.7 cm³/mol. The smallest absolute Gasteiger partial charge is 0.224 e. The number of nitrogens with zero attached hydrogens (tertiary/aromatic N) is 2. The lowest BCUT2D eigenvalue weighted by Gasteiger charge is -2.08. The van der Waals surface area contributed by atoms with Gasteiger partial charge in [0.15, 0.2) is 5.82 Å². The molecule has 2 heterocycles. The summed E-state index contributed by atoms with van der Waals surface area (Å²) in [4.78, 5) is 15.7. The van der Waals surface area contributed by atoms with Crippen LogP contribution in [0.5, 0.6) is 0 Å². The Morgan fingerprint density at radius 3 is 3.19 bits per heavy atom. The summed E-state index contributed by atoms with van der Waals surface area (Å²) in [5.74, 6) is 1.43. The van der Waals surface area contributed by atoms with E-state index in [1.165, 1.54) is 0 Å². The molecule has 1 aromatic heterocycles. The van der Waals surface area contributed by atoms with E-state index in [1.807, 2.05) is 0 Å². The summed E-state index contributed by atoms with van der Waals surface area (Å²) >= 11 is 0. The van der Waals surface area contributed by atoms with Crippen molar-refractivity contribution in [3.8, 4) is 0 Å². The number of carbonyl (C=O) groups is 1. The zero-order valence-electron chi connectivity index (χ0n) is 9.32. The van der Waals surface area contributed by atoms with Crippen LogP contribution >= 0.6 is 0 Å². The van der Waals surface area contributed by atoms with Crippen molar-refractivity contribution in [2.45, 2.75) is 19.8 Å². The maximum atomic E-state index is 11.6. The summed E-state index contributed by atoms with van der Waals surface area (Å²) in [5.41, 5.74) is 0. The van der Waals surface area contributed by atoms with Crippen LogP contribution in [0.3, 0.4) is 0 Å². The van der Waals surface area contributed by atoms with Crippen LogP contribution in [0.15, 0.2) is 4.52 Å². The minimum Gasteiger partial charge on any atom is -0.355 e. The second kappa shape index (κ2) is 5.07. The van der Waals surface area contributed by atoms with Gasteiger partial charge in [-0.3, -0.25) is 4.79 Å². The largest absolute Gasteiger partial charge is 0.355 e. The molecule has 1 fully saturated rings. The average Bonchev–Trinajstić information content (AvgIpc) is 2.89. The van der Waals surface area contributed by atoms with Gasteiger partial charge < -0.3 is 15.2 Å². The van der Waals surface area contributed by atoms with Crippen molar-refractivity contribution in [3.05, 3.63) is 11.7 Å². The fourth-order valence-electron chi connectivity index (χ4n) is 1.76. The maximum Gasteiger partial charge on any atom is 0.224 e. The first kappa shape index (κ1) is 11.1. The lowest BCUT2D eigenvalue weighted by Crippen LogP contribution is -2.33. The summed E-state index contributed by atoms with van der Waals surface area (Å²) in [5, 5.41) is 9.81. The second-order valence-electron chi connectivity index (χ2n) is 3.96. The second-order valence-corrected chi connectivity index (χ2v) is 3.96. The Kier molecular flexibility index (Phi) is 3.51. The SMILES string of the molecule is Cc1nc(CCNC(=O)C2CCNC2)no1. The van der Waals surface area contributed by atoms with E-state index in [9.17, 15) is 4.79 Å². The number of amides is 1. The summed E-state index contributed by atoms with van der Waals surface area (Å²) in [6, 6.07) is 0. The van der Waals surface area contributed by atoms with Crippen LogP contribution in [-0.4, -0.2) is 35.7 Å². The zero-order valence-corrected chi connectivity index (χ0v) is 9.32. The summed E-state index contributed by atoms with van der Waals surface area (Å²) in [6.45, 7) is 4.03. The topological polar surface area (TPSA) is 80.0 Å². The molecule has 1 amide bonds. The van der Waals surface area contributed by atoms with Crippen molar-refractivity contribution < 1.29 is 9.32 Å². The van der Waals surface area contributed by atoms with Crippen molar-refractivity contribution in [1.29, 1.82) is 0 Å². The van der Waals surface area contributed by atoms with E-state index >= 15 is 0 Å². The van der Waals surface area contributed by atoms with Crippen LogP contribution in [-0.2, 0) is 11.2 Å². The highest BCUT2D eigenvalue weighted by molar-refractivity contribution is 5.79. The van der Waals surface area contributed by atoms with Crippen LogP contribution in [0.4, 0.5) is 0 Å².